The average Bonchev–Trinajstić information content (AvgIpc) is 3.00. The largest absolute Gasteiger partial charge is 0.298 e. The Morgan fingerprint density at radius 2 is 2.12 bits per heavy atom. The summed E-state index contributed by atoms with van der Waals surface area (Å²) in [6, 6.07) is 8.02. The van der Waals surface area contributed by atoms with Crippen molar-refractivity contribution in [2.24, 2.45) is 0 Å². The molecule has 0 saturated carbocycles. The van der Waals surface area contributed by atoms with Gasteiger partial charge in [0, 0.05) is 12.1 Å². The van der Waals surface area contributed by atoms with Gasteiger partial charge in [-0.25, -0.2) is 14.4 Å². The van der Waals surface area contributed by atoms with E-state index in [4.69, 9.17) is 0 Å². The molecule has 0 N–H and O–H groups in total. The Kier molecular flexibility index (Phi) is 5.23. The molecule has 3 aromatic rings. The molecule has 5 nitrogen and oxygen atoms in total. The third-order valence-electron chi connectivity index (χ3n) is 3.66. The third-order valence-corrected chi connectivity index (χ3v) is 4.62. The summed E-state index contributed by atoms with van der Waals surface area (Å²) in [6.07, 6.45) is 3.65. The fourth-order valence-electron chi connectivity index (χ4n) is 2.45. The molecule has 0 fully saturated rings. The summed E-state index contributed by atoms with van der Waals surface area (Å²) in [5.74, 6) is 0.316. The predicted molar refractivity (Wildman–Crippen MR) is 95.9 cm³/mol. The maximum atomic E-state index is 14.4. The highest BCUT2D eigenvalue weighted by atomic mass is 32.2. The molecule has 0 atom stereocenters. The first-order chi connectivity index (χ1) is 12.1. The van der Waals surface area contributed by atoms with Crippen LogP contribution >= 0.6 is 11.8 Å². The maximum absolute atomic E-state index is 14.4. The average molecular weight is 355 g/mol. The lowest BCUT2D eigenvalue weighted by Gasteiger charge is -2.09. The van der Waals surface area contributed by atoms with Crippen LogP contribution in [0.5, 0.6) is 0 Å². The molecule has 2 aromatic heterocycles. The number of nitrogens with zero attached hydrogens (tertiary/aromatic N) is 5. The summed E-state index contributed by atoms with van der Waals surface area (Å²) in [7, 11) is 0. The molecule has 0 saturated heterocycles. The lowest BCUT2D eigenvalue weighted by molar-refractivity contribution is 0.558. The Hall–Kier alpha value is -2.54. The van der Waals surface area contributed by atoms with Gasteiger partial charge in [0.25, 0.3) is 0 Å². The number of hydrogen-bond acceptors (Lipinski definition) is 5. The molecule has 1 aromatic carbocycles. The van der Waals surface area contributed by atoms with Crippen molar-refractivity contribution in [1.29, 1.82) is 0 Å². The SMILES string of the molecule is C=CCn1c(Sc2ncnc(CC)c2F)nnc1-c1cccc(C)c1. The number of aromatic nitrogens is 5. The minimum Gasteiger partial charge on any atom is -0.298 e. The van der Waals surface area contributed by atoms with E-state index < -0.39 is 5.82 Å². The second-order valence-electron chi connectivity index (χ2n) is 5.47. The Balaban J connectivity index is 2.02. The van der Waals surface area contributed by atoms with Gasteiger partial charge in [-0.05, 0) is 31.2 Å². The zero-order valence-electron chi connectivity index (χ0n) is 14.1. The Bertz CT molecular complexity index is 906. The Morgan fingerprint density at radius 1 is 1.28 bits per heavy atom. The minimum absolute atomic E-state index is 0.250. The number of allylic oxidation sites excluding steroid dienone is 1. The monoisotopic (exact) mass is 355 g/mol. The fraction of sp³-hybridized carbons (Fsp3) is 0.222. The van der Waals surface area contributed by atoms with E-state index >= 15 is 0 Å². The molecule has 0 aliphatic heterocycles. The lowest BCUT2D eigenvalue weighted by atomic mass is 10.1. The summed E-state index contributed by atoms with van der Waals surface area (Å²) < 4.78 is 16.3. The van der Waals surface area contributed by atoms with Crippen LogP contribution in [0.25, 0.3) is 11.4 Å². The van der Waals surface area contributed by atoms with Crippen molar-refractivity contribution < 1.29 is 4.39 Å². The second kappa shape index (κ2) is 7.57. The van der Waals surface area contributed by atoms with E-state index in [2.05, 4.69) is 26.7 Å². The molecule has 25 heavy (non-hydrogen) atoms. The van der Waals surface area contributed by atoms with Crippen LogP contribution in [-0.4, -0.2) is 24.7 Å². The van der Waals surface area contributed by atoms with E-state index in [1.165, 1.54) is 6.33 Å². The van der Waals surface area contributed by atoms with Crippen molar-refractivity contribution in [2.75, 3.05) is 0 Å². The van der Waals surface area contributed by atoms with Crippen LogP contribution < -0.4 is 0 Å². The molecule has 0 amide bonds. The summed E-state index contributed by atoms with van der Waals surface area (Å²) in [5.41, 5.74) is 2.49. The number of halogens is 1. The fourth-order valence-corrected chi connectivity index (χ4v) is 3.28. The van der Waals surface area contributed by atoms with Crippen LogP contribution in [0, 0.1) is 12.7 Å². The first kappa shape index (κ1) is 17.3. The Labute approximate surface area is 150 Å². The molecule has 0 aliphatic carbocycles. The molecule has 0 bridgehead atoms. The van der Waals surface area contributed by atoms with Crippen LogP contribution in [0.3, 0.4) is 0 Å². The van der Waals surface area contributed by atoms with E-state index in [0.29, 0.717) is 23.8 Å². The van der Waals surface area contributed by atoms with Gasteiger partial charge in [0.2, 0.25) is 0 Å². The van der Waals surface area contributed by atoms with E-state index in [-0.39, 0.29) is 5.03 Å². The molecule has 0 spiro atoms. The van der Waals surface area contributed by atoms with Crippen molar-refractivity contribution in [3.05, 3.63) is 60.3 Å². The number of rotatable bonds is 6. The summed E-state index contributed by atoms with van der Waals surface area (Å²) in [5, 5.41) is 9.34. The van der Waals surface area contributed by atoms with Crippen molar-refractivity contribution in [2.45, 2.75) is 37.0 Å². The Morgan fingerprint density at radius 3 is 2.84 bits per heavy atom. The van der Waals surface area contributed by atoms with Gasteiger partial charge in [0.15, 0.2) is 16.8 Å². The van der Waals surface area contributed by atoms with Crippen LogP contribution in [0.15, 0.2) is 53.4 Å². The lowest BCUT2D eigenvalue weighted by Crippen LogP contribution is -2.02. The predicted octanol–water partition coefficient (Wildman–Crippen LogP) is 4.08. The van der Waals surface area contributed by atoms with E-state index in [1.807, 2.05) is 42.7 Å². The first-order valence-corrected chi connectivity index (χ1v) is 8.74. The molecule has 0 unspecified atom stereocenters. The van der Waals surface area contributed by atoms with Crippen LogP contribution in [-0.2, 0) is 13.0 Å². The van der Waals surface area contributed by atoms with E-state index in [0.717, 1.165) is 28.7 Å². The second-order valence-corrected chi connectivity index (χ2v) is 6.43. The molecule has 2 heterocycles. The number of hydrogen-bond donors (Lipinski definition) is 0. The standard InChI is InChI=1S/C18H18FN5S/c1-4-9-24-16(13-8-6-7-12(3)10-13)22-23-18(24)25-17-15(19)14(5-2)20-11-21-17/h4,6-8,10-11H,1,5,9H2,2-3H3. The van der Waals surface area contributed by atoms with E-state index in [1.54, 1.807) is 6.08 Å². The molecule has 3 rings (SSSR count). The van der Waals surface area contributed by atoms with Crippen molar-refractivity contribution >= 4 is 11.8 Å². The molecule has 0 radical (unpaired) electrons. The summed E-state index contributed by atoms with van der Waals surface area (Å²) >= 11 is 1.15. The van der Waals surface area contributed by atoms with Crippen LogP contribution in [0.4, 0.5) is 4.39 Å². The first-order valence-electron chi connectivity index (χ1n) is 7.92. The molecular weight excluding hydrogens is 337 g/mol. The normalized spacial score (nSPS) is 10.8. The maximum Gasteiger partial charge on any atom is 0.198 e. The molecule has 128 valence electrons. The highest BCUT2D eigenvalue weighted by Crippen LogP contribution is 2.30. The summed E-state index contributed by atoms with van der Waals surface area (Å²) in [4.78, 5) is 8.01. The van der Waals surface area contributed by atoms with Crippen molar-refractivity contribution in [3.63, 3.8) is 0 Å². The van der Waals surface area contributed by atoms with Gasteiger partial charge in [-0.2, -0.15) is 0 Å². The van der Waals surface area contributed by atoms with Gasteiger partial charge in [-0.15, -0.1) is 16.8 Å². The number of benzene rings is 1. The van der Waals surface area contributed by atoms with Gasteiger partial charge >= 0.3 is 0 Å². The molecular formula is C18H18FN5S. The third kappa shape index (κ3) is 3.61. The molecule has 0 aliphatic rings. The van der Waals surface area contributed by atoms with Crippen LogP contribution in [0.1, 0.15) is 18.2 Å². The van der Waals surface area contributed by atoms with Crippen molar-refractivity contribution in [3.8, 4) is 11.4 Å². The zero-order valence-corrected chi connectivity index (χ0v) is 14.9. The minimum atomic E-state index is -0.403. The van der Waals surface area contributed by atoms with Gasteiger partial charge in [0.1, 0.15) is 11.4 Å². The van der Waals surface area contributed by atoms with Crippen LogP contribution in [0.2, 0.25) is 0 Å². The van der Waals surface area contributed by atoms with E-state index in [9.17, 15) is 4.39 Å². The van der Waals surface area contributed by atoms with Gasteiger partial charge in [0.05, 0.1) is 5.69 Å². The van der Waals surface area contributed by atoms with Gasteiger partial charge in [-0.3, -0.25) is 4.57 Å². The van der Waals surface area contributed by atoms with Gasteiger partial charge in [-0.1, -0.05) is 36.8 Å². The zero-order chi connectivity index (χ0) is 17.8. The number of aryl methyl sites for hydroxylation is 2. The topological polar surface area (TPSA) is 56.5 Å². The smallest absolute Gasteiger partial charge is 0.198 e. The highest BCUT2D eigenvalue weighted by molar-refractivity contribution is 7.99. The quantitative estimate of drug-likeness (QED) is 0.492. The van der Waals surface area contributed by atoms with Crippen molar-refractivity contribution in [1.82, 2.24) is 24.7 Å². The van der Waals surface area contributed by atoms with Gasteiger partial charge < -0.3 is 0 Å². The molecule has 7 heteroatoms. The summed E-state index contributed by atoms with van der Waals surface area (Å²) in [6.45, 7) is 8.20. The highest BCUT2D eigenvalue weighted by Gasteiger charge is 2.18.